The summed E-state index contributed by atoms with van der Waals surface area (Å²) >= 11 is 0. The maximum absolute atomic E-state index is 13.5. The number of hydrogen-bond acceptors (Lipinski definition) is 7. The Balaban J connectivity index is 1.98. The zero-order valence-corrected chi connectivity index (χ0v) is 18.7. The first kappa shape index (κ1) is 24.5. The van der Waals surface area contributed by atoms with Crippen molar-refractivity contribution in [1.29, 1.82) is 5.26 Å². The number of rotatable bonds is 7. The zero-order valence-electron chi connectivity index (χ0n) is 17.9. The van der Waals surface area contributed by atoms with Crippen LogP contribution in [0.2, 0.25) is 0 Å². The van der Waals surface area contributed by atoms with Gasteiger partial charge in [-0.25, -0.2) is 18.1 Å². The minimum atomic E-state index is -4.91. The minimum absolute atomic E-state index is 0.116. The summed E-state index contributed by atoms with van der Waals surface area (Å²) < 4.78 is 73.3. The maximum atomic E-state index is 13.5. The highest BCUT2D eigenvalue weighted by molar-refractivity contribution is 7.90. The Morgan fingerprint density at radius 3 is 2.52 bits per heavy atom. The number of carbonyl (C=O) groups excluding carboxylic acids is 1. The van der Waals surface area contributed by atoms with E-state index in [0.29, 0.717) is 0 Å². The number of alkyl halides is 3. The van der Waals surface area contributed by atoms with Crippen molar-refractivity contribution >= 4 is 15.9 Å². The van der Waals surface area contributed by atoms with Crippen LogP contribution in [0.15, 0.2) is 23.2 Å². The van der Waals surface area contributed by atoms with E-state index >= 15 is 0 Å². The highest BCUT2D eigenvalue weighted by Gasteiger charge is 2.41. The summed E-state index contributed by atoms with van der Waals surface area (Å²) in [7, 11) is -4.22. The molecule has 9 nitrogen and oxygen atoms in total. The van der Waals surface area contributed by atoms with Gasteiger partial charge >= 0.3 is 6.18 Å². The average Bonchev–Trinajstić information content (AvgIpc) is 3.39. The van der Waals surface area contributed by atoms with Crippen molar-refractivity contribution < 1.29 is 31.1 Å². The molecule has 0 saturated heterocycles. The predicted octanol–water partition coefficient (Wildman–Crippen LogP) is 3.19. The molecule has 0 aliphatic heterocycles. The Morgan fingerprint density at radius 2 is 2.00 bits per heavy atom. The third-order valence-electron chi connectivity index (χ3n) is 5.16. The van der Waals surface area contributed by atoms with Gasteiger partial charge < -0.3 is 4.74 Å². The molecule has 1 saturated carbocycles. The number of ether oxygens (including phenoxy) is 1. The van der Waals surface area contributed by atoms with Gasteiger partial charge in [0, 0.05) is 12.1 Å². The molecule has 0 atom stereocenters. The van der Waals surface area contributed by atoms with Crippen molar-refractivity contribution in [1.82, 2.24) is 19.5 Å². The molecule has 3 rings (SSSR count). The second-order valence-corrected chi connectivity index (χ2v) is 9.67. The van der Waals surface area contributed by atoms with Gasteiger partial charge in [-0.1, -0.05) is 26.7 Å². The van der Waals surface area contributed by atoms with E-state index in [1.165, 1.54) is 19.9 Å². The molecule has 2 heterocycles. The van der Waals surface area contributed by atoms with Crippen LogP contribution in [-0.2, 0) is 21.0 Å². The summed E-state index contributed by atoms with van der Waals surface area (Å²) in [6, 6.07) is 3.69. The highest BCUT2D eigenvalue weighted by atomic mass is 32.2. The lowest BCUT2D eigenvalue weighted by Crippen LogP contribution is -2.33. The quantitative estimate of drug-likeness (QED) is 0.638. The average molecular weight is 485 g/mol. The van der Waals surface area contributed by atoms with Crippen LogP contribution in [0.4, 0.5) is 13.2 Å². The molecule has 1 fully saturated rings. The van der Waals surface area contributed by atoms with Gasteiger partial charge in [0.15, 0.2) is 11.5 Å². The Hall–Kier alpha value is -3.14. The van der Waals surface area contributed by atoms with Gasteiger partial charge in [0.1, 0.15) is 16.5 Å². The van der Waals surface area contributed by atoms with Crippen LogP contribution in [0.3, 0.4) is 0 Å². The number of nitriles is 1. The number of amides is 1. The predicted molar refractivity (Wildman–Crippen MR) is 109 cm³/mol. The first-order valence-electron chi connectivity index (χ1n) is 10.2. The molecule has 33 heavy (non-hydrogen) atoms. The van der Waals surface area contributed by atoms with Crippen LogP contribution >= 0.6 is 0 Å². The Kier molecular flexibility index (Phi) is 6.97. The van der Waals surface area contributed by atoms with Gasteiger partial charge in [-0.2, -0.15) is 28.2 Å². The Labute approximate surface area is 188 Å². The Morgan fingerprint density at radius 1 is 1.33 bits per heavy atom. The van der Waals surface area contributed by atoms with Crippen molar-refractivity contribution in [3.63, 3.8) is 0 Å². The summed E-state index contributed by atoms with van der Waals surface area (Å²) in [6.07, 6.45) is -0.294. The second-order valence-electron chi connectivity index (χ2n) is 7.99. The summed E-state index contributed by atoms with van der Waals surface area (Å²) in [4.78, 5) is 15.3. The summed E-state index contributed by atoms with van der Waals surface area (Å²) in [6.45, 7) is 3.15. The lowest BCUT2D eigenvalue weighted by molar-refractivity contribution is -0.141. The first-order valence-corrected chi connectivity index (χ1v) is 11.7. The van der Waals surface area contributed by atoms with Gasteiger partial charge in [-0.3, -0.25) is 4.79 Å². The minimum Gasteiger partial charge on any atom is -0.476 e. The van der Waals surface area contributed by atoms with Crippen molar-refractivity contribution in [3.8, 4) is 17.8 Å². The number of halogens is 3. The smallest absolute Gasteiger partial charge is 0.436 e. The summed E-state index contributed by atoms with van der Waals surface area (Å²) in [5, 5.41) is 12.9. The monoisotopic (exact) mass is 485 g/mol. The fraction of sp³-hybridized carbons (Fsp3) is 0.500. The third-order valence-corrected chi connectivity index (χ3v) is 6.49. The van der Waals surface area contributed by atoms with Crippen molar-refractivity contribution in [2.24, 2.45) is 11.8 Å². The zero-order chi connectivity index (χ0) is 24.4. The van der Waals surface area contributed by atoms with E-state index in [9.17, 15) is 31.6 Å². The van der Waals surface area contributed by atoms with Crippen molar-refractivity contribution in [2.45, 2.75) is 50.6 Å². The number of pyridine rings is 1. The van der Waals surface area contributed by atoms with Gasteiger partial charge in [0.25, 0.3) is 10.0 Å². The molecular weight excluding hydrogens is 463 g/mol. The van der Waals surface area contributed by atoms with Crippen LogP contribution in [0.25, 0.3) is 5.82 Å². The fourth-order valence-corrected chi connectivity index (χ4v) is 4.39. The molecular formula is C20H22F3N5O4S. The van der Waals surface area contributed by atoms with E-state index in [0.717, 1.165) is 48.7 Å². The lowest BCUT2D eigenvalue weighted by Gasteiger charge is -2.13. The standard InChI is InChI=1S/C20H22F3N5O4S/c1-12(2)18(29)27-33(30,31)14-7-8-16(25-10-14)28-19(32-11-13-5-3-4-6-13)15(9-24)17(26-28)20(21,22)23/h7-8,10,12-13H,3-6,11H2,1-2H3,(H,27,29). The van der Waals surface area contributed by atoms with E-state index < -0.39 is 45.2 Å². The molecule has 0 spiro atoms. The van der Waals surface area contributed by atoms with Gasteiger partial charge in [-0.05, 0) is 30.9 Å². The highest BCUT2D eigenvalue weighted by Crippen LogP contribution is 2.37. The molecule has 1 N–H and O–H groups in total. The molecule has 0 unspecified atom stereocenters. The SMILES string of the molecule is CC(C)C(=O)NS(=O)(=O)c1ccc(-n2nc(C(F)(F)F)c(C#N)c2OCC2CCCC2)nc1. The van der Waals surface area contributed by atoms with E-state index in [2.05, 4.69) is 10.1 Å². The largest absolute Gasteiger partial charge is 0.476 e. The molecule has 178 valence electrons. The van der Waals surface area contributed by atoms with Gasteiger partial charge in [0.05, 0.1) is 6.61 Å². The van der Waals surface area contributed by atoms with Crippen LogP contribution in [0.1, 0.15) is 50.8 Å². The van der Waals surface area contributed by atoms with Crippen LogP contribution in [0.5, 0.6) is 5.88 Å². The molecule has 1 aliphatic carbocycles. The number of aromatic nitrogens is 3. The summed E-state index contributed by atoms with van der Waals surface area (Å²) in [5.74, 6) is -1.74. The topological polar surface area (TPSA) is 127 Å². The van der Waals surface area contributed by atoms with E-state index in [-0.39, 0.29) is 23.2 Å². The summed E-state index contributed by atoms with van der Waals surface area (Å²) in [5.41, 5.74) is -2.20. The number of sulfonamides is 1. The number of carbonyl (C=O) groups is 1. The molecule has 0 radical (unpaired) electrons. The number of hydrogen-bond donors (Lipinski definition) is 1. The van der Waals surface area contributed by atoms with E-state index in [1.54, 1.807) is 0 Å². The maximum Gasteiger partial charge on any atom is 0.436 e. The molecule has 0 aromatic carbocycles. The van der Waals surface area contributed by atoms with Crippen LogP contribution in [-0.4, -0.2) is 35.7 Å². The van der Waals surface area contributed by atoms with Crippen LogP contribution < -0.4 is 9.46 Å². The number of nitrogens with one attached hydrogen (secondary N) is 1. The normalized spacial score (nSPS) is 14.9. The first-order chi connectivity index (χ1) is 15.4. The third kappa shape index (κ3) is 5.44. The molecule has 1 amide bonds. The fourth-order valence-electron chi connectivity index (χ4n) is 3.33. The van der Waals surface area contributed by atoms with Gasteiger partial charge in [-0.15, -0.1) is 0 Å². The van der Waals surface area contributed by atoms with E-state index in [1.807, 2.05) is 4.72 Å². The van der Waals surface area contributed by atoms with Crippen molar-refractivity contribution in [3.05, 3.63) is 29.6 Å². The van der Waals surface area contributed by atoms with Crippen LogP contribution in [0, 0.1) is 23.2 Å². The molecule has 0 bridgehead atoms. The second kappa shape index (κ2) is 9.38. The number of nitrogens with zero attached hydrogens (tertiary/aromatic N) is 4. The van der Waals surface area contributed by atoms with Gasteiger partial charge in [0.2, 0.25) is 11.8 Å². The molecule has 1 aliphatic rings. The molecule has 13 heteroatoms. The van der Waals surface area contributed by atoms with E-state index in [4.69, 9.17) is 4.74 Å². The molecule has 2 aromatic rings. The van der Waals surface area contributed by atoms with Crippen molar-refractivity contribution in [2.75, 3.05) is 6.61 Å². The lowest BCUT2D eigenvalue weighted by atomic mass is 10.1. The Bertz CT molecular complexity index is 1160. The molecule has 2 aromatic heterocycles.